The third kappa shape index (κ3) is 5.69. The van der Waals surface area contributed by atoms with Crippen LogP contribution < -0.4 is 15.5 Å². The summed E-state index contributed by atoms with van der Waals surface area (Å²) in [6, 6.07) is 16.0. The van der Waals surface area contributed by atoms with Crippen molar-refractivity contribution in [3.8, 4) is 6.07 Å². The van der Waals surface area contributed by atoms with E-state index in [0.29, 0.717) is 42.5 Å². The first kappa shape index (κ1) is 32.3. The second-order valence-corrected chi connectivity index (χ2v) is 13.5. The van der Waals surface area contributed by atoms with Crippen LogP contribution in [0.3, 0.4) is 0 Å². The fourth-order valence-electron chi connectivity index (χ4n) is 6.32. The molecule has 0 bridgehead atoms. The van der Waals surface area contributed by atoms with Gasteiger partial charge in [-0.3, -0.25) is 29.2 Å². The molecular formula is C35H28Cl2N6O6. The maximum Gasteiger partial charge on any atom is 0.337 e. The molecule has 0 radical (unpaired) electrons. The van der Waals surface area contributed by atoms with Crippen LogP contribution in [0.4, 0.5) is 5.69 Å². The van der Waals surface area contributed by atoms with Gasteiger partial charge in [0, 0.05) is 22.7 Å². The maximum absolute atomic E-state index is 14.3. The van der Waals surface area contributed by atoms with Crippen LogP contribution >= 0.6 is 23.2 Å². The zero-order valence-electron chi connectivity index (χ0n) is 25.7. The van der Waals surface area contributed by atoms with Gasteiger partial charge in [0.15, 0.2) is 0 Å². The number of fused-ring (bicyclic) bond motifs is 1. The summed E-state index contributed by atoms with van der Waals surface area (Å²) in [5, 5.41) is 37.2. The first-order chi connectivity index (χ1) is 23.4. The molecule has 4 N–H and O–H groups in total. The minimum absolute atomic E-state index is 0.0243. The second kappa shape index (κ2) is 11.7. The Morgan fingerprint density at radius 2 is 1.65 bits per heavy atom. The van der Waals surface area contributed by atoms with E-state index in [-0.39, 0.29) is 45.7 Å². The highest BCUT2D eigenvalue weighted by molar-refractivity contribution is 6.35. The molecule has 2 aliphatic heterocycles. The Morgan fingerprint density at radius 1 is 0.959 bits per heavy atom. The third-order valence-corrected chi connectivity index (χ3v) is 9.68. The van der Waals surface area contributed by atoms with E-state index in [2.05, 4.69) is 15.6 Å². The number of aromatic nitrogens is 1. The van der Waals surface area contributed by atoms with Crippen molar-refractivity contribution >= 4 is 52.6 Å². The summed E-state index contributed by atoms with van der Waals surface area (Å²) in [5.41, 5.74) is -2.54. The number of nitrogens with one attached hydrogen (secondary N) is 2. The van der Waals surface area contributed by atoms with E-state index in [1.165, 1.54) is 40.3 Å². The zero-order valence-corrected chi connectivity index (χ0v) is 27.3. The van der Waals surface area contributed by atoms with Crippen molar-refractivity contribution in [3.63, 3.8) is 0 Å². The van der Waals surface area contributed by atoms with Gasteiger partial charge in [0.25, 0.3) is 11.8 Å². The molecule has 2 aromatic carbocycles. The van der Waals surface area contributed by atoms with Gasteiger partial charge in [-0.15, -0.1) is 0 Å². The van der Waals surface area contributed by atoms with Crippen molar-refractivity contribution in [2.24, 2.45) is 0 Å². The number of aromatic carboxylic acids is 1. The molecule has 3 aromatic rings. The Morgan fingerprint density at radius 3 is 2.22 bits per heavy atom. The monoisotopic (exact) mass is 698 g/mol. The van der Waals surface area contributed by atoms with Crippen LogP contribution in [-0.4, -0.2) is 55.1 Å². The van der Waals surface area contributed by atoms with Crippen LogP contribution in [0.5, 0.6) is 0 Å². The molecule has 1 aromatic heterocycles. The number of halogens is 2. The molecule has 0 spiro atoms. The summed E-state index contributed by atoms with van der Waals surface area (Å²) in [4.78, 5) is 60.2. The Hall–Kier alpha value is -5.22. The van der Waals surface area contributed by atoms with Crippen LogP contribution in [0, 0.1) is 11.3 Å². The number of rotatable bonds is 9. The van der Waals surface area contributed by atoms with Crippen molar-refractivity contribution in [3.05, 3.63) is 117 Å². The van der Waals surface area contributed by atoms with E-state index in [9.17, 15) is 34.7 Å². The summed E-state index contributed by atoms with van der Waals surface area (Å²) >= 11 is 12.6. The number of carbonyl (C=O) groups is 4. The molecule has 2 aliphatic carbocycles. The largest absolute Gasteiger partial charge is 0.478 e. The lowest BCUT2D eigenvalue weighted by molar-refractivity contribution is -0.146. The predicted octanol–water partition coefficient (Wildman–Crippen LogP) is 4.12. The smallest absolute Gasteiger partial charge is 0.337 e. The molecule has 2 saturated carbocycles. The standard InChI is InChI=1S/C35H28Cl2N6O6/c36-23-14-24(37)16-25(15-23)42-28-3-1-2-26(43(28)35(49,32(42)48)17-20-4-6-21(18-38)7-5-20)29(44)40-34(12-13-34)31(47)41-33(10-11-33)27-9-8-22(19-39-27)30(45)46/h2-9,14-16,19,49H,1,10-13,17H2,(H,40,44)(H,41,47)(H,45,46)/t35-/m0/s1. The molecule has 0 unspecified atom stereocenters. The molecular weight excluding hydrogens is 671 g/mol. The average Bonchev–Trinajstić information content (AvgIpc) is 4.01. The predicted molar refractivity (Wildman–Crippen MR) is 177 cm³/mol. The Kier molecular flexibility index (Phi) is 7.74. The number of hydrogen-bond acceptors (Lipinski definition) is 8. The molecule has 14 heteroatoms. The first-order valence-electron chi connectivity index (χ1n) is 15.5. The molecule has 3 fully saturated rings. The fraction of sp³-hybridized carbons (Fsp3) is 0.257. The molecule has 3 heterocycles. The molecule has 1 atom stereocenters. The number of benzene rings is 2. The van der Waals surface area contributed by atoms with Crippen LogP contribution in [0.2, 0.25) is 10.0 Å². The van der Waals surface area contributed by atoms with Crippen molar-refractivity contribution in [1.82, 2.24) is 20.5 Å². The lowest BCUT2D eigenvalue weighted by Gasteiger charge is -2.35. The zero-order chi connectivity index (χ0) is 34.7. The Bertz CT molecular complexity index is 2010. The molecule has 4 aliphatic rings. The van der Waals surface area contributed by atoms with Gasteiger partial charge in [-0.2, -0.15) is 5.26 Å². The van der Waals surface area contributed by atoms with Crippen molar-refractivity contribution in [1.29, 1.82) is 5.26 Å². The number of carbonyl (C=O) groups excluding carboxylic acids is 3. The maximum atomic E-state index is 14.3. The number of allylic oxidation sites excluding steroid dienone is 2. The molecule has 12 nitrogen and oxygen atoms in total. The summed E-state index contributed by atoms with van der Waals surface area (Å²) in [6.07, 6.45) is 6.44. The number of aliphatic hydroxyl groups is 1. The number of amides is 3. The van der Waals surface area contributed by atoms with Crippen LogP contribution in [0.25, 0.3) is 0 Å². The van der Waals surface area contributed by atoms with Crippen LogP contribution in [0.1, 0.15) is 59.3 Å². The van der Waals surface area contributed by atoms with Gasteiger partial charge in [0.2, 0.25) is 11.6 Å². The molecule has 248 valence electrons. The van der Waals surface area contributed by atoms with Gasteiger partial charge in [-0.25, -0.2) is 4.79 Å². The van der Waals surface area contributed by atoms with Crippen LogP contribution in [0.15, 0.2) is 84.5 Å². The number of pyridine rings is 1. The summed E-state index contributed by atoms with van der Waals surface area (Å²) < 4.78 is 0. The SMILES string of the molecule is N#Cc1ccc(C[C@]2(O)C(=O)N(c3cc(Cl)cc(Cl)c3)C3=CCC=C(C(=O)NC4(C(=O)NC5(c6ccc(C(=O)O)cn6)CC5)CC4)N32)cc1. The van der Waals surface area contributed by atoms with Gasteiger partial charge < -0.3 is 20.8 Å². The summed E-state index contributed by atoms with van der Waals surface area (Å²) in [5.74, 6) is -2.71. The van der Waals surface area contributed by atoms with Gasteiger partial charge in [-0.05, 0) is 86.2 Å². The van der Waals surface area contributed by atoms with E-state index in [1.807, 2.05) is 6.07 Å². The number of anilines is 1. The van der Waals surface area contributed by atoms with Crippen molar-refractivity contribution in [2.45, 2.75) is 55.3 Å². The minimum atomic E-state index is -2.29. The van der Waals surface area contributed by atoms with Crippen molar-refractivity contribution in [2.75, 3.05) is 4.90 Å². The molecule has 1 saturated heterocycles. The topological polar surface area (TPSA) is 176 Å². The quantitative estimate of drug-likeness (QED) is 0.256. The van der Waals surface area contributed by atoms with Gasteiger partial charge in [0.05, 0.1) is 34.1 Å². The van der Waals surface area contributed by atoms with E-state index in [4.69, 9.17) is 23.2 Å². The molecule has 7 rings (SSSR count). The number of carboxylic acid groups (broad SMARTS) is 1. The second-order valence-electron chi connectivity index (χ2n) is 12.6. The highest BCUT2D eigenvalue weighted by Gasteiger charge is 2.60. The van der Waals surface area contributed by atoms with E-state index >= 15 is 0 Å². The lowest BCUT2D eigenvalue weighted by atomic mass is 9.98. The van der Waals surface area contributed by atoms with Crippen molar-refractivity contribution < 1.29 is 29.4 Å². The molecule has 3 amide bonds. The van der Waals surface area contributed by atoms with Gasteiger partial charge >= 0.3 is 5.97 Å². The average molecular weight is 700 g/mol. The van der Waals surface area contributed by atoms with E-state index < -0.39 is 40.5 Å². The fourth-order valence-corrected chi connectivity index (χ4v) is 6.83. The first-order valence-corrected chi connectivity index (χ1v) is 16.2. The normalized spacial score (nSPS) is 21.1. The number of nitrogens with zero attached hydrogens (tertiary/aromatic N) is 4. The van der Waals surface area contributed by atoms with Gasteiger partial charge in [0.1, 0.15) is 17.1 Å². The molecule has 49 heavy (non-hydrogen) atoms. The Labute approximate surface area is 290 Å². The third-order valence-electron chi connectivity index (χ3n) is 9.24. The number of hydrogen-bond donors (Lipinski definition) is 4. The number of carboxylic acids is 1. The number of nitriles is 1. The Balaban J connectivity index is 1.17. The highest BCUT2D eigenvalue weighted by atomic mass is 35.5. The van der Waals surface area contributed by atoms with Crippen LogP contribution in [-0.2, 0) is 26.3 Å². The van der Waals surface area contributed by atoms with Gasteiger partial charge in [-0.1, -0.05) is 41.4 Å². The highest BCUT2D eigenvalue weighted by Crippen LogP contribution is 2.48. The lowest BCUT2D eigenvalue weighted by Crippen LogP contribution is -2.56. The minimum Gasteiger partial charge on any atom is -0.478 e. The van der Waals surface area contributed by atoms with E-state index in [1.54, 1.807) is 42.5 Å². The van der Waals surface area contributed by atoms with E-state index in [0.717, 1.165) is 0 Å². The summed E-state index contributed by atoms with van der Waals surface area (Å²) in [7, 11) is 0. The summed E-state index contributed by atoms with van der Waals surface area (Å²) in [6.45, 7) is 0.